The van der Waals surface area contributed by atoms with Gasteiger partial charge in [-0.1, -0.05) is 41.6 Å². The van der Waals surface area contributed by atoms with Crippen molar-refractivity contribution in [3.05, 3.63) is 78.4 Å². The third-order valence-electron chi connectivity index (χ3n) is 4.62. The van der Waals surface area contributed by atoms with Crippen LogP contribution in [-0.4, -0.2) is 21.0 Å². The quantitative estimate of drug-likeness (QED) is 0.551. The Morgan fingerprint density at radius 3 is 2.68 bits per heavy atom. The molecule has 4 rings (SSSR count). The van der Waals surface area contributed by atoms with Crippen LogP contribution < -0.4 is 5.32 Å². The summed E-state index contributed by atoms with van der Waals surface area (Å²) in [5, 5.41) is 9.34. The highest BCUT2D eigenvalue weighted by Gasteiger charge is 2.13. The van der Waals surface area contributed by atoms with Crippen molar-refractivity contribution in [3.63, 3.8) is 0 Å². The van der Waals surface area contributed by atoms with E-state index < -0.39 is 0 Å². The number of benzene rings is 2. The number of nitrogens with zero attached hydrogens (tertiary/aromatic N) is 3. The molecule has 0 saturated carbocycles. The van der Waals surface area contributed by atoms with Gasteiger partial charge in [0.25, 0.3) is 0 Å². The fourth-order valence-corrected chi connectivity index (χ4v) is 3.07. The van der Waals surface area contributed by atoms with Crippen molar-refractivity contribution < 1.29 is 9.32 Å². The van der Waals surface area contributed by atoms with E-state index in [1.165, 1.54) is 5.39 Å². The number of amides is 1. The van der Waals surface area contributed by atoms with Crippen LogP contribution in [0.1, 0.15) is 30.8 Å². The molecule has 0 radical (unpaired) electrons. The molecule has 0 aliphatic rings. The van der Waals surface area contributed by atoms with Crippen molar-refractivity contribution in [3.8, 4) is 11.4 Å². The van der Waals surface area contributed by atoms with E-state index in [1.807, 2.05) is 37.3 Å². The zero-order valence-corrected chi connectivity index (χ0v) is 15.5. The molecule has 0 bridgehead atoms. The minimum atomic E-state index is -0.0767. The Kier molecular flexibility index (Phi) is 5.10. The first-order valence-corrected chi connectivity index (χ1v) is 9.20. The van der Waals surface area contributed by atoms with E-state index in [2.05, 4.69) is 44.7 Å². The smallest absolute Gasteiger partial charge is 0.227 e. The predicted octanol–water partition coefficient (Wildman–Crippen LogP) is 4.09. The molecule has 1 unspecified atom stereocenters. The maximum Gasteiger partial charge on any atom is 0.227 e. The van der Waals surface area contributed by atoms with E-state index in [4.69, 9.17) is 4.52 Å². The molecule has 28 heavy (non-hydrogen) atoms. The lowest BCUT2D eigenvalue weighted by atomic mass is 10.0. The Hall–Kier alpha value is -3.54. The number of hydrogen-bond donors (Lipinski definition) is 1. The summed E-state index contributed by atoms with van der Waals surface area (Å²) >= 11 is 0. The molecule has 2 aromatic heterocycles. The van der Waals surface area contributed by atoms with E-state index in [9.17, 15) is 4.79 Å². The summed E-state index contributed by atoms with van der Waals surface area (Å²) < 4.78 is 5.25. The summed E-state index contributed by atoms with van der Waals surface area (Å²) in [5.74, 6) is 0.895. The summed E-state index contributed by atoms with van der Waals surface area (Å²) in [4.78, 5) is 20.6. The van der Waals surface area contributed by atoms with Crippen LogP contribution in [0.2, 0.25) is 0 Å². The predicted molar refractivity (Wildman–Crippen MR) is 106 cm³/mol. The van der Waals surface area contributed by atoms with Gasteiger partial charge in [0, 0.05) is 30.8 Å². The van der Waals surface area contributed by atoms with Gasteiger partial charge >= 0.3 is 0 Å². The third-order valence-corrected chi connectivity index (χ3v) is 4.62. The molecule has 6 heteroatoms. The summed E-state index contributed by atoms with van der Waals surface area (Å²) in [6.07, 6.45) is 4.03. The summed E-state index contributed by atoms with van der Waals surface area (Å²) in [5.41, 5.74) is 1.91. The fraction of sp³-hybridized carbons (Fsp3) is 0.182. The lowest BCUT2D eigenvalue weighted by molar-refractivity contribution is -0.121. The van der Waals surface area contributed by atoms with E-state index in [0.717, 1.165) is 16.5 Å². The molecule has 0 fully saturated rings. The van der Waals surface area contributed by atoms with Crippen molar-refractivity contribution in [1.29, 1.82) is 0 Å². The van der Waals surface area contributed by atoms with Gasteiger partial charge in [-0.2, -0.15) is 4.98 Å². The molecule has 2 heterocycles. The maximum absolute atomic E-state index is 12.3. The van der Waals surface area contributed by atoms with E-state index in [0.29, 0.717) is 18.1 Å². The molecule has 140 valence electrons. The van der Waals surface area contributed by atoms with Crippen LogP contribution in [0.15, 0.2) is 71.5 Å². The molecule has 0 aliphatic heterocycles. The topological polar surface area (TPSA) is 80.9 Å². The SMILES string of the molecule is CC(NC(=O)CCc1nc(-c2ccncc2)no1)c1ccc2ccccc2c1. The largest absolute Gasteiger partial charge is 0.350 e. The van der Waals surface area contributed by atoms with Crippen LogP contribution in [-0.2, 0) is 11.2 Å². The monoisotopic (exact) mass is 372 g/mol. The number of rotatable bonds is 6. The Balaban J connectivity index is 1.34. The highest BCUT2D eigenvalue weighted by molar-refractivity contribution is 5.83. The van der Waals surface area contributed by atoms with Crippen molar-refractivity contribution in [2.24, 2.45) is 0 Å². The zero-order chi connectivity index (χ0) is 19.3. The lowest BCUT2D eigenvalue weighted by Crippen LogP contribution is -2.26. The van der Waals surface area contributed by atoms with E-state index in [-0.39, 0.29) is 18.4 Å². The molecule has 2 aromatic carbocycles. The molecule has 1 amide bonds. The van der Waals surface area contributed by atoms with Gasteiger partial charge in [0.15, 0.2) is 0 Å². The van der Waals surface area contributed by atoms with E-state index >= 15 is 0 Å². The molecular weight excluding hydrogens is 352 g/mol. The van der Waals surface area contributed by atoms with Crippen LogP contribution >= 0.6 is 0 Å². The van der Waals surface area contributed by atoms with Gasteiger partial charge in [0.2, 0.25) is 17.6 Å². The van der Waals surface area contributed by atoms with Crippen LogP contribution in [0.25, 0.3) is 22.2 Å². The molecule has 0 aliphatic carbocycles. The third kappa shape index (κ3) is 4.06. The average Bonchev–Trinajstić information content (AvgIpc) is 3.22. The number of carbonyl (C=O) groups excluding carboxylic acids is 1. The number of hydrogen-bond acceptors (Lipinski definition) is 5. The second-order valence-electron chi connectivity index (χ2n) is 6.64. The van der Waals surface area contributed by atoms with Crippen molar-refractivity contribution in [1.82, 2.24) is 20.4 Å². The van der Waals surface area contributed by atoms with Crippen LogP contribution in [0, 0.1) is 0 Å². The first-order valence-electron chi connectivity index (χ1n) is 9.20. The Morgan fingerprint density at radius 2 is 1.86 bits per heavy atom. The number of aromatic nitrogens is 3. The van der Waals surface area contributed by atoms with Crippen LogP contribution in [0.4, 0.5) is 0 Å². The van der Waals surface area contributed by atoms with Gasteiger partial charge in [0.1, 0.15) is 0 Å². The Morgan fingerprint density at radius 1 is 1.07 bits per heavy atom. The highest BCUT2D eigenvalue weighted by Crippen LogP contribution is 2.20. The van der Waals surface area contributed by atoms with Gasteiger partial charge < -0.3 is 9.84 Å². The maximum atomic E-state index is 12.3. The molecule has 1 N–H and O–H groups in total. The second-order valence-corrected chi connectivity index (χ2v) is 6.64. The first kappa shape index (κ1) is 17.9. The molecule has 0 spiro atoms. The van der Waals surface area contributed by atoms with Crippen molar-refractivity contribution >= 4 is 16.7 Å². The standard InChI is InChI=1S/C22H20N4O2/c1-15(18-7-6-16-4-2-3-5-19(16)14-18)24-20(27)8-9-21-25-22(26-28-21)17-10-12-23-13-11-17/h2-7,10-15H,8-9H2,1H3,(H,24,27). The van der Waals surface area contributed by atoms with Gasteiger partial charge in [-0.25, -0.2) is 0 Å². The molecule has 6 nitrogen and oxygen atoms in total. The van der Waals surface area contributed by atoms with Gasteiger partial charge in [-0.15, -0.1) is 0 Å². The number of nitrogens with one attached hydrogen (secondary N) is 1. The molecule has 1 atom stereocenters. The summed E-state index contributed by atoms with van der Waals surface area (Å²) in [6.45, 7) is 1.98. The normalized spacial score (nSPS) is 12.0. The van der Waals surface area contributed by atoms with Crippen LogP contribution in [0.3, 0.4) is 0 Å². The number of aryl methyl sites for hydroxylation is 1. The second kappa shape index (κ2) is 8.00. The van der Waals surface area contributed by atoms with Crippen molar-refractivity contribution in [2.75, 3.05) is 0 Å². The Bertz CT molecular complexity index is 1090. The van der Waals surface area contributed by atoms with Gasteiger partial charge in [-0.3, -0.25) is 9.78 Å². The first-order chi connectivity index (χ1) is 13.7. The van der Waals surface area contributed by atoms with Gasteiger partial charge in [0.05, 0.1) is 6.04 Å². The van der Waals surface area contributed by atoms with Gasteiger partial charge in [-0.05, 0) is 41.5 Å². The lowest BCUT2D eigenvalue weighted by Gasteiger charge is -2.15. The number of pyridine rings is 1. The highest BCUT2D eigenvalue weighted by atomic mass is 16.5. The summed E-state index contributed by atoms with van der Waals surface area (Å²) in [7, 11) is 0. The summed E-state index contributed by atoms with van der Waals surface area (Å²) in [6, 6.07) is 18.0. The molecule has 0 saturated heterocycles. The Labute approximate surface area is 162 Å². The number of fused-ring (bicyclic) bond motifs is 1. The van der Waals surface area contributed by atoms with E-state index in [1.54, 1.807) is 12.4 Å². The molecular formula is C22H20N4O2. The van der Waals surface area contributed by atoms with Crippen LogP contribution in [0.5, 0.6) is 0 Å². The zero-order valence-electron chi connectivity index (χ0n) is 15.5. The average molecular weight is 372 g/mol. The minimum absolute atomic E-state index is 0.0516. The molecule has 4 aromatic rings. The number of carbonyl (C=O) groups is 1. The minimum Gasteiger partial charge on any atom is -0.350 e. The fourth-order valence-electron chi connectivity index (χ4n) is 3.07. The van der Waals surface area contributed by atoms with Crippen molar-refractivity contribution in [2.45, 2.75) is 25.8 Å².